The fraction of sp³-hybridized carbons (Fsp3) is 0.111. The van der Waals surface area contributed by atoms with Crippen molar-refractivity contribution in [2.75, 3.05) is 0 Å². The SMILES string of the molecule is Cc1ccnc(Sc2ccc(/C=C3/SC(=NCc4ccccc4)N(Cc4ccccc4)C3=O)o2)n1. The Labute approximate surface area is 212 Å². The smallest absolute Gasteiger partial charge is 0.267 e. The van der Waals surface area contributed by atoms with Crippen LogP contribution in [0.4, 0.5) is 0 Å². The van der Waals surface area contributed by atoms with Crippen LogP contribution in [0.5, 0.6) is 0 Å². The number of hydrogen-bond donors (Lipinski definition) is 0. The molecule has 0 N–H and O–H groups in total. The van der Waals surface area contributed by atoms with E-state index in [-0.39, 0.29) is 5.91 Å². The maximum Gasteiger partial charge on any atom is 0.267 e. The molecule has 2 aromatic heterocycles. The minimum atomic E-state index is -0.0849. The molecule has 0 unspecified atom stereocenters. The number of carbonyl (C=O) groups is 1. The summed E-state index contributed by atoms with van der Waals surface area (Å²) in [6.07, 6.45) is 3.50. The highest BCUT2D eigenvalue weighted by atomic mass is 32.2. The normalized spacial score (nSPS) is 15.9. The van der Waals surface area contributed by atoms with E-state index in [1.165, 1.54) is 23.5 Å². The highest BCUT2D eigenvalue weighted by molar-refractivity contribution is 8.18. The van der Waals surface area contributed by atoms with Crippen LogP contribution < -0.4 is 0 Å². The number of benzene rings is 2. The van der Waals surface area contributed by atoms with E-state index in [4.69, 9.17) is 9.41 Å². The number of hydrogen-bond acceptors (Lipinski definition) is 7. The number of furan rings is 1. The van der Waals surface area contributed by atoms with Gasteiger partial charge in [0.25, 0.3) is 5.91 Å². The zero-order chi connectivity index (χ0) is 24.0. The van der Waals surface area contributed by atoms with Gasteiger partial charge in [-0.2, -0.15) is 0 Å². The molecule has 3 heterocycles. The quantitative estimate of drug-likeness (QED) is 0.223. The summed E-state index contributed by atoms with van der Waals surface area (Å²) in [4.78, 5) is 29.1. The number of amidine groups is 1. The molecule has 4 aromatic rings. The number of carbonyl (C=O) groups excluding carboxylic acids is 1. The molecule has 6 nitrogen and oxygen atoms in total. The highest BCUT2D eigenvalue weighted by Gasteiger charge is 2.33. The van der Waals surface area contributed by atoms with E-state index in [1.807, 2.05) is 85.8 Å². The van der Waals surface area contributed by atoms with Gasteiger partial charge in [0.05, 0.1) is 18.0 Å². The molecule has 8 heteroatoms. The van der Waals surface area contributed by atoms with Gasteiger partial charge in [0, 0.05) is 18.0 Å². The Morgan fingerprint density at radius 2 is 1.74 bits per heavy atom. The lowest BCUT2D eigenvalue weighted by Gasteiger charge is -2.15. The van der Waals surface area contributed by atoms with Crippen LogP contribution in [-0.4, -0.2) is 25.9 Å². The van der Waals surface area contributed by atoms with Crippen LogP contribution in [-0.2, 0) is 17.9 Å². The summed E-state index contributed by atoms with van der Waals surface area (Å²) in [6.45, 7) is 2.89. The number of aryl methyl sites for hydroxylation is 1. The zero-order valence-electron chi connectivity index (χ0n) is 19.0. The lowest BCUT2D eigenvalue weighted by atomic mass is 10.2. The average molecular weight is 499 g/mol. The molecule has 1 saturated heterocycles. The van der Waals surface area contributed by atoms with Crippen molar-refractivity contribution in [2.45, 2.75) is 30.3 Å². The third-order valence-electron chi connectivity index (χ3n) is 5.15. The van der Waals surface area contributed by atoms with E-state index in [9.17, 15) is 4.79 Å². The maximum atomic E-state index is 13.4. The molecule has 35 heavy (non-hydrogen) atoms. The number of rotatable bonds is 7. The van der Waals surface area contributed by atoms with E-state index in [0.29, 0.717) is 39.2 Å². The minimum Gasteiger partial charge on any atom is -0.450 e. The van der Waals surface area contributed by atoms with Crippen LogP contribution in [0.25, 0.3) is 6.08 Å². The van der Waals surface area contributed by atoms with E-state index in [1.54, 1.807) is 17.2 Å². The van der Waals surface area contributed by atoms with Crippen molar-refractivity contribution in [3.8, 4) is 0 Å². The zero-order valence-corrected chi connectivity index (χ0v) is 20.6. The first kappa shape index (κ1) is 23.1. The van der Waals surface area contributed by atoms with Crippen LogP contribution in [0.15, 0.2) is 110 Å². The summed E-state index contributed by atoms with van der Waals surface area (Å²) in [6, 6.07) is 25.5. The van der Waals surface area contributed by atoms with Gasteiger partial charge in [0.2, 0.25) is 0 Å². The molecular weight excluding hydrogens is 476 g/mol. The molecule has 0 radical (unpaired) electrons. The van der Waals surface area contributed by atoms with Gasteiger partial charge in [-0.25, -0.2) is 9.97 Å². The van der Waals surface area contributed by atoms with E-state index in [2.05, 4.69) is 9.97 Å². The predicted molar refractivity (Wildman–Crippen MR) is 140 cm³/mol. The molecule has 0 saturated carbocycles. The molecule has 2 aromatic carbocycles. The summed E-state index contributed by atoms with van der Waals surface area (Å²) in [7, 11) is 0. The van der Waals surface area contributed by atoms with Gasteiger partial charge in [0.15, 0.2) is 15.4 Å². The minimum absolute atomic E-state index is 0.0849. The first-order valence-electron chi connectivity index (χ1n) is 11.0. The van der Waals surface area contributed by atoms with Crippen molar-refractivity contribution in [1.82, 2.24) is 14.9 Å². The molecule has 5 rings (SSSR count). The van der Waals surface area contributed by atoms with Crippen molar-refractivity contribution in [1.29, 1.82) is 0 Å². The fourth-order valence-corrected chi connectivity index (χ4v) is 5.15. The Morgan fingerprint density at radius 3 is 2.49 bits per heavy atom. The van der Waals surface area contributed by atoms with Gasteiger partial charge < -0.3 is 4.42 Å². The summed E-state index contributed by atoms with van der Waals surface area (Å²) in [5.74, 6) is 0.512. The lowest BCUT2D eigenvalue weighted by molar-refractivity contribution is -0.122. The third-order valence-corrected chi connectivity index (χ3v) is 7.00. The Balaban J connectivity index is 1.37. The molecule has 0 atom stereocenters. The van der Waals surface area contributed by atoms with E-state index in [0.717, 1.165) is 16.8 Å². The van der Waals surface area contributed by atoms with Crippen molar-refractivity contribution in [2.24, 2.45) is 4.99 Å². The second-order valence-corrected chi connectivity index (χ2v) is 9.79. The second-order valence-electron chi connectivity index (χ2n) is 7.81. The van der Waals surface area contributed by atoms with Crippen LogP contribution in [0.2, 0.25) is 0 Å². The van der Waals surface area contributed by atoms with Crippen LogP contribution >= 0.6 is 23.5 Å². The van der Waals surface area contributed by atoms with Gasteiger partial charge in [-0.15, -0.1) is 0 Å². The lowest BCUT2D eigenvalue weighted by Crippen LogP contribution is -2.28. The molecule has 1 aliphatic heterocycles. The van der Waals surface area contributed by atoms with Crippen LogP contribution in [0, 0.1) is 6.92 Å². The Morgan fingerprint density at radius 1 is 1.00 bits per heavy atom. The number of aromatic nitrogens is 2. The molecule has 0 bridgehead atoms. The summed E-state index contributed by atoms with van der Waals surface area (Å²) >= 11 is 2.72. The van der Waals surface area contributed by atoms with E-state index >= 15 is 0 Å². The van der Waals surface area contributed by atoms with Crippen molar-refractivity contribution < 1.29 is 9.21 Å². The number of nitrogens with zero attached hydrogens (tertiary/aromatic N) is 4. The van der Waals surface area contributed by atoms with Crippen molar-refractivity contribution in [3.05, 3.63) is 113 Å². The number of thioether (sulfide) groups is 1. The molecule has 0 spiro atoms. The molecule has 174 valence electrons. The van der Waals surface area contributed by atoms with Crippen LogP contribution in [0.3, 0.4) is 0 Å². The van der Waals surface area contributed by atoms with Gasteiger partial charge in [-0.05, 0) is 59.8 Å². The summed E-state index contributed by atoms with van der Waals surface area (Å²) < 4.78 is 5.94. The molecule has 1 aliphatic rings. The highest BCUT2D eigenvalue weighted by Crippen LogP contribution is 2.35. The van der Waals surface area contributed by atoms with Gasteiger partial charge in [0.1, 0.15) is 5.76 Å². The molecule has 0 aliphatic carbocycles. The first-order chi connectivity index (χ1) is 17.1. The Hall–Kier alpha value is -3.62. The molecular formula is C27H22N4O2S2. The van der Waals surface area contributed by atoms with Gasteiger partial charge in [-0.3, -0.25) is 14.7 Å². The standard InChI is InChI=1S/C27H22N4O2S2/c1-19-14-15-28-26(30-19)35-24-13-12-22(33-24)16-23-25(32)31(18-21-10-6-3-7-11-21)27(34-23)29-17-20-8-4-2-5-9-20/h2-16H,17-18H2,1H3/b23-16+,29-27?. The van der Waals surface area contributed by atoms with Gasteiger partial charge >= 0.3 is 0 Å². The Kier molecular flexibility index (Phi) is 7.11. The fourth-order valence-electron chi connectivity index (χ4n) is 3.43. The predicted octanol–water partition coefficient (Wildman–Crippen LogP) is 6.20. The Bertz CT molecular complexity index is 1380. The second kappa shape index (κ2) is 10.8. The number of amides is 1. The monoisotopic (exact) mass is 498 g/mol. The largest absolute Gasteiger partial charge is 0.450 e. The maximum absolute atomic E-state index is 13.4. The van der Waals surface area contributed by atoms with Gasteiger partial charge in [-0.1, -0.05) is 60.7 Å². The average Bonchev–Trinajstić information content (AvgIpc) is 3.43. The van der Waals surface area contributed by atoms with Crippen molar-refractivity contribution >= 4 is 40.7 Å². The molecule has 1 fully saturated rings. The van der Waals surface area contributed by atoms with Crippen LogP contribution in [0.1, 0.15) is 22.6 Å². The summed E-state index contributed by atoms with van der Waals surface area (Å²) in [5, 5.41) is 1.97. The third kappa shape index (κ3) is 5.90. The summed E-state index contributed by atoms with van der Waals surface area (Å²) in [5.41, 5.74) is 3.03. The molecule has 1 amide bonds. The first-order valence-corrected chi connectivity index (χ1v) is 12.7. The van der Waals surface area contributed by atoms with Crippen molar-refractivity contribution in [3.63, 3.8) is 0 Å². The topological polar surface area (TPSA) is 71.6 Å². The van der Waals surface area contributed by atoms with E-state index < -0.39 is 0 Å². The number of aliphatic imine (C=N–C) groups is 1.